The summed E-state index contributed by atoms with van der Waals surface area (Å²) in [4.78, 5) is 2.84. The molecule has 0 amide bonds. The van der Waals surface area contributed by atoms with E-state index in [1.54, 1.807) is 0 Å². The Bertz CT molecular complexity index is 246. The van der Waals surface area contributed by atoms with E-state index in [0.717, 1.165) is 18.0 Å². The highest BCUT2D eigenvalue weighted by molar-refractivity contribution is 4.92. The SMILES string of the molecule is CCC=CCCCC1CCC(C)C2CCCN12. The molecule has 2 fully saturated rings. The third-order valence-electron chi connectivity index (χ3n) is 4.73. The van der Waals surface area contributed by atoms with E-state index in [4.69, 9.17) is 0 Å². The molecule has 2 heterocycles. The Kier molecular flexibility index (Phi) is 5.09. The quantitative estimate of drug-likeness (QED) is 0.505. The topological polar surface area (TPSA) is 3.24 Å². The molecular weight excluding hydrogens is 206 g/mol. The van der Waals surface area contributed by atoms with E-state index >= 15 is 0 Å². The van der Waals surface area contributed by atoms with Crippen LogP contribution in [0.15, 0.2) is 12.2 Å². The number of hydrogen-bond donors (Lipinski definition) is 0. The predicted molar refractivity (Wildman–Crippen MR) is 75.2 cm³/mol. The largest absolute Gasteiger partial charge is 0.297 e. The van der Waals surface area contributed by atoms with Crippen molar-refractivity contribution in [3.63, 3.8) is 0 Å². The minimum absolute atomic E-state index is 0.911. The first-order chi connectivity index (χ1) is 8.33. The highest BCUT2D eigenvalue weighted by Gasteiger charge is 2.37. The lowest BCUT2D eigenvalue weighted by Gasteiger charge is -2.41. The van der Waals surface area contributed by atoms with Gasteiger partial charge >= 0.3 is 0 Å². The molecule has 3 atom stereocenters. The zero-order valence-corrected chi connectivity index (χ0v) is 11.7. The molecule has 0 N–H and O–H groups in total. The van der Waals surface area contributed by atoms with Gasteiger partial charge in [-0.15, -0.1) is 0 Å². The first-order valence-corrected chi connectivity index (χ1v) is 7.73. The van der Waals surface area contributed by atoms with Crippen LogP contribution in [0.3, 0.4) is 0 Å². The van der Waals surface area contributed by atoms with Crippen molar-refractivity contribution >= 4 is 0 Å². The fourth-order valence-electron chi connectivity index (χ4n) is 3.76. The maximum atomic E-state index is 2.84. The maximum Gasteiger partial charge on any atom is 0.0124 e. The maximum absolute atomic E-state index is 2.84. The average molecular weight is 235 g/mol. The van der Waals surface area contributed by atoms with Crippen molar-refractivity contribution in [1.29, 1.82) is 0 Å². The van der Waals surface area contributed by atoms with E-state index in [0.29, 0.717) is 0 Å². The number of fused-ring (bicyclic) bond motifs is 1. The molecule has 2 aliphatic heterocycles. The van der Waals surface area contributed by atoms with Crippen LogP contribution in [0, 0.1) is 5.92 Å². The summed E-state index contributed by atoms with van der Waals surface area (Å²) in [7, 11) is 0. The molecule has 2 rings (SSSR count). The molecule has 1 nitrogen and oxygen atoms in total. The van der Waals surface area contributed by atoms with Crippen molar-refractivity contribution in [1.82, 2.24) is 4.90 Å². The van der Waals surface area contributed by atoms with Gasteiger partial charge in [-0.3, -0.25) is 4.90 Å². The summed E-state index contributed by atoms with van der Waals surface area (Å²) < 4.78 is 0. The molecule has 0 spiro atoms. The number of piperidine rings is 1. The van der Waals surface area contributed by atoms with Gasteiger partial charge in [0.15, 0.2) is 0 Å². The molecule has 0 aliphatic carbocycles. The van der Waals surface area contributed by atoms with Crippen LogP contribution in [0.2, 0.25) is 0 Å². The Hall–Kier alpha value is -0.300. The first-order valence-electron chi connectivity index (χ1n) is 7.73. The smallest absolute Gasteiger partial charge is 0.0124 e. The molecule has 0 bridgehead atoms. The van der Waals surface area contributed by atoms with Gasteiger partial charge in [-0.25, -0.2) is 0 Å². The summed E-state index contributed by atoms with van der Waals surface area (Å²) in [6.45, 7) is 6.06. The van der Waals surface area contributed by atoms with E-state index in [2.05, 4.69) is 30.9 Å². The number of nitrogens with zero attached hydrogens (tertiary/aromatic N) is 1. The molecule has 1 heteroatoms. The van der Waals surface area contributed by atoms with Crippen molar-refractivity contribution in [2.45, 2.75) is 77.3 Å². The number of rotatable bonds is 5. The summed E-state index contributed by atoms with van der Waals surface area (Å²) in [5.41, 5.74) is 0. The molecule has 2 aliphatic rings. The van der Waals surface area contributed by atoms with Crippen LogP contribution < -0.4 is 0 Å². The lowest BCUT2D eigenvalue weighted by atomic mass is 9.85. The summed E-state index contributed by atoms with van der Waals surface area (Å²) in [5.74, 6) is 0.953. The van der Waals surface area contributed by atoms with Crippen LogP contribution in [0.5, 0.6) is 0 Å². The second-order valence-electron chi connectivity index (χ2n) is 5.97. The van der Waals surface area contributed by atoms with Crippen LogP contribution in [-0.2, 0) is 0 Å². The lowest BCUT2D eigenvalue weighted by molar-refractivity contribution is 0.0756. The van der Waals surface area contributed by atoms with Crippen LogP contribution in [-0.4, -0.2) is 23.5 Å². The highest BCUT2D eigenvalue weighted by Crippen LogP contribution is 2.36. The molecule has 0 aromatic heterocycles. The third-order valence-corrected chi connectivity index (χ3v) is 4.73. The Morgan fingerprint density at radius 3 is 2.88 bits per heavy atom. The summed E-state index contributed by atoms with van der Waals surface area (Å²) in [6.07, 6.45) is 15.8. The molecule has 17 heavy (non-hydrogen) atoms. The molecule has 3 unspecified atom stereocenters. The van der Waals surface area contributed by atoms with Crippen LogP contribution in [0.1, 0.15) is 65.2 Å². The Morgan fingerprint density at radius 2 is 2.06 bits per heavy atom. The number of allylic oxidation sites excluding steroid dienone is 2. The third kappa shape index (κ3) is 3.34. The Morgan fingerprint density at radius 1 is 1.18 bits per heavy atom. The van der Waals surface area contributed by atoms with Crippen molar-refractivity contribution in [3.8, 4) is 0 Å². The molecule has 0 radical (unpaired) electrons. The van der Waals surface area contributed by atoms with Gasteiger partial charge in [-0.1, -0.05) is 26.0 Å². The fourth-order valence-corrected chi connectivity index (χ4v) is 3.76. The molecule has 0 aromatic carbocycles. The summed E-state index contributed by atoms with van der Waals surface area (Å²) in [6, 6.07) is 1.84. The van der Waals surface area contributed by atoms with Gasteiger partial charge in [0.25, 0.3) is 0 Å². The van der Waals surface area contributed by atoms with Gasteiger partial charge < -0.3 is 0 Å². The van der Waals surface area contributed by atoms with E-state index in [-0.39, 0.29) is 0 Å². The van der Waals surface area contributed by atoms with Crippen LogP contribution >= 0.6 is 0 Å². The van der Waals surface area contributed by atoms with Gasteiger partial charge in [0.05, 0.1) is 0 Å². The fraction of sp³-hybridized carbons (Fsp3) is 0.875. The van der Waals surface area contributed by atoms with Crippen LogP contribution in [0.25, 0.3) is 0 Å². The molecule has 98 valence electrons. The molecule has 2 saturated heterocycles. The van der Waals surface area contributed by atoms with Crippen molar-refractivity contribution in [2.75, 3.05) is 6.54 Å². The number of unbranched alkanes of at least 4 members (excludes halogenated alkanes) is 1. The van der Waals surface area contributed by atoms with E-state index in [1.807, 2.05) is 0 Å². The average Bonchev–Trinajstić information content (AvgIpc) is 2.81. The van der Waals surface area contributed by atoms with E-state index in [9.17, 15) is 0 Å². The van der Waals surface area contributed by atoms with E-state index < -0.39 is 0 Å². The highest BCUT2D eigenvalue weighted by atomic mass is 15.2. The second-order valence-corrected chi connectivity index (χ2v) is 5.97. The first kappa shape index (κ1) is 13.1. The van der Waals surface area contributed by atoms with Gasteiger partial charge in [0.1, 0.15) is 0 Å². The predicted octanol–water partition coefficient (Wildman–Crippen LogP) is 4.39. The van der Waals surface area contributed by atoms with Crippen molar-refractivity contribution < 1.29 is 0 Å². The van der Waals surface area contributed by atoms with Gasteiger partial charge in [-0.2, -0.15) is 0 Å². The normalized spacial score (nSPS) is 34.4. The lowest BCUT2D eigenvalue weighted by Crippen LogP contribution is -2.46. The van der Waals surface area contributed by atoms with Crippen molar-refractivity contribution in [2.24, 2.45) is 5.92 Å². The summed E-state index contributed by atoms with van der Waals surface area (Å²) >= 11 is 0. The minimum Gasteiger partial charge on any atom is -0.297 e. The number of hydrogen-bond acceptors (Lipinski definition) is 1. The van der Waals surface area contributed by atoms with Gasteiger partial charge in [0, 0.05) is 12.1 Å². The Balaban J connectivity index is 1.75. The molecular formula is C16H29N. The summed E-state index contributed by atoms with van der Waals surface area (Å²) in [5, 5.41) is 0. The zero-order valence-electron chi connectivity index (χ0n) is 11.7. The molecule has 0 saturated carbocycles. The monoisotopic (exact) mass is 235 g/mol. The Labute approximate surface area is 107 Å². The van der Waals surface area contributed by atoms with Crippen LogP contribution in [0.4, 0.5) is 0 Å². The van der Waals surface area contributed by atoms with Gasteiger partial charge in [-0.05, 0) is 63.8 Å². The van der Waals surface area contributed by atoms with E-state index in [1.165, 1.54) is 57.9 Å². The standard InChI is InChI=1S/C16H29N/c1-3-4-5-6-7-9-15-12-11-14(2)16-10-8-13-17(15)16/h4-5,14-16H,3,6-13H2,1-2H3. The minimum atomic E-state index is 0.911. The zero-order chi connectivity index (χ0) is 12.1. The van der Waals surface area contributed by atoms with Gasteiger partial charge in [0.2, 0.25) is 0 Å². The molecule has 0 aromatic rings. The van der Waals surface area contributed by atoms with Crippen molar-refractivity contribution in [3.05, 3.63) is 12.2 Å². The second kappa shape index (κ2) is 6.58.